The van der Waals surface area contributed by atoms with Gasteiger partial charge in [-0.2, -0.15) is 0 Å². The third kappa shape index (κ3) is 4.34. The Kier molecular flexibility index (Phi) is 5.45. The van der Waals surface area contributed by atoms with Crippen LogP contribution in [0.5, 0.6) is 0 Å². The summed E-state index contributed by atoms with van der Waals surface area (Å²) in [6.07, 6.45) is 0. The molecule has 0 fully saturated rings. The first kappa shape index (κ1) is 16.1. The largest absolute Gasteiger partial charge is 0.385 e. The van der Waals surface area contributed by atoms with E-state index in [9.17, 15) is 5.11 Å². The van der Waals surface area contributed by atoms with Crippen molar-refractivity contribution in [2.75, 3.05) is 12.8 Å². The molecule has 0 spiro atoms. The van der Waals surface area contributed by atoms with Gasteiger partial charge >= 0.3 is 0 Å². The molecule has 2 unspecified atom stereocenters. The zero-order chi connectivity index (χ0) is 15.3. The van der Waals surface area contributed by atoms with E-state index in [0.29, 0.717) is 11.8 Å². The van der Waals surface area contributed by atoms with Gasteiger partial charge in [0, 0.05) is 16.7 Å². The molecule has 0 saturated carbocycles. The summed E-state index contributed by atoms with van der Waals surface area (Å²) in [4.78, 5) is 1.18. The fraction of sp³-hybridized carbons (Fsp3) is 0.333. The highest BCUT2D eigenvalue weighted by Gasteiger charge is 2.22. The fourth-order valence-electron chi connectivity index (χ4n) is 2.12. The Bertz CT molecular complexity index is 551. The molecule has 2 atom stereocenters. The second-order valence-corrected chi connectivity index (χ2v) is 6.56. The van der Waals surface area contributed by atoms with E-state index >= 15 is 0 Å². The number of thioether (sulfide) groups is 1. The van der Waals surface area contributed by atoms with Crippen molar-refractivity contribution in [2.24, 2.45) is 0 Å². The summed E-state index contributed by atoms with van der Waals surface area (Å²) < 4.78 is 0. The zero-order valence-electron chi connectivity index (χ0n) is 12.8. The first-order chi connectivity index (χ1) is 10.0. The van der Waals surface area contributed by atoms with Gasteiger partial charge in [0.25, 0.3) is 0 Å². The van der Waals surface area contributed by atoms with Crippen molar-refractivity contribution >= 4 is 11.8 Å². The lowest BCUT2D eigenvalue weighted by molar-refractivity contribution is 0.0839. The minimum atomic E-state index is -0.817. The van der Waals surface area contributed by atoms with Gasteiger partial charge in [-0.3, -0.25) is 0 Å². The highest BCUT2D eigenvalue weighted by atomic mass is 32.2. The standard InChI is InChI=1S/C18H23NOS/c1-14(19-3)15-9-11-17(12-10-15)21-13-18(2,20)16-7-5-4-6-8-16/h4-12,14,19-20H,13H2,1-3H3. The molecular formula is C18H23NOS. The number of nitrogens with one attached hydrogen (secondary N) is 1. The van der Waals surface area contributed by atoms with E-state index in [-0.39, 0.29) is 0 Å². The van der Waals surface area contributed by atoms with Crippen LogP contribution in [0.1, 0.15) is 31.0 Å². The third-order valence-electron chi connectivity index (χ3n) is 3.73. The molecular weight excluding hydrogens is 278 g/mol. The molecule has 0 radical (unpaired) electrons. The Morgan fingerprint density at radius 1 is 1.10 bits per heavy atom. The summed E-state index contributed by atoms with van der Waals surface area (Å²) in [7, 11) is 1.96. The molecule has 2 aromatic carbocycles. The van der Waals surface area contributed by atoms with Gasteiger partial charge in [0.1, 0.15) is 0 Å². The highest BCUT2D eigenvalue weighted by molar-refractivity contribution is 7.99. The Labute approximate surface area is 131 Å². The van der Waals surface area contributed by atoms with Crippen molar-refractivity contribution in [2.45, 2.75) is 30.4 Å². The monoisotopic (exact) mass is 301 g/mol. The lowest BCUT2D eigenvalue weighted by atomic mass is 9.99. The molecule has 0 aliphatic carbocycles. The van der Waals surface area contributed by atoms with E-state index in [1.54, 1.807) is 11.8 Å². The average molecular weight is 301 g/mol. The van der Waals surface area contributed by atoms with E-state index in [1.807, 2.05) is 44.3 Å². The molecule has 0 aliphatic rings. The zero-order valence-corrected chi connectivity index (χ0v) is 13.7. The smallest absolute Gasteiger partial charge is 0.0962 e. The fourth-order valence-corrected chi connectivity index (χ4v) is 3.07. The van der Waals surface area contributed by atoms with Crippen molar-refractivity contribution in [3.05, 3.63) is 65.7 Å². The Hall–Kier alpha value is -1.29. The number of rotatable bonds is 6. The summed E-state index contributed by atoms with van der Waals surface area (Å²) in [5.41, 5.74) is 1.41. The molecule has 21 heavy (non-hydrogen) atoms. The predicted molar refractivity (Wildman–Crippen MR) is 90.7 cm³/mol. The molecule has 0 aromatic heterocycles. The van der Waals surface area contributed by atoms with Crippen LogP contribution < -0.4 is 5.32 Å². The summed E-state index contributed by atoms with van der Waals surface area (Å²) >= 11 is 1.68. The Morgan fingerprint density at radius 3 is 2.29 bits per heavy atom. The minimum absolute atomic E-state index is 0.358. The van der Waals surface area contributed by atoms with E-state index in [1.165, 1.54) is 10.5 Å². The van der Waals surface area contributed by atoms with Crippen molar-refractivity contribution in [3.8, 4) is 0 Å². The van der Waals surface area contributed by atoms with Gasteiger partial charge in [-0.1, -0.05) is 42.5 Å². The normalized spacial score (nSPS) is 15.4. The number of aliphatic hydroxyl groups is 1. The summed E-state index contributed by atoms with van der Waals surface area (Å²) in [6.45, 7) is 4.01. The Balaban J connectivity index is 1.99. The van der Waals surface area contributed by atoms with Gasteiger partial charge in [0.15, 0.2) is 0 Å². The van der Waals surface area contributed by atoms with Crippen molar-refractivity contribution < 1.29 is 5.11 Å². The molecule has 2 nitrogen and oxygen atoms in total. The van der Waals surface area contributed by atoms with Crippen LogP contribution in [0, 0.1) is 0 Å². The van der Waals surface area contributed by atoms with Gasteiger partial charge in [0.2, 0.25) is 0 Å². The molecule has 0 heterocycles. The molecule has 0 bridgehead atoms. The molecule has 2 aromatic rings. The second-order valence-electron chi connectivity index (χ2n) is 5.51. The SMILES string of the molecule is CNC(C)c1ccc(SCC(C)(O)c2ccccc2)cc1. The van der Waals surface area contributed by atoms with E-state index in [2.05, 4.69) is 36.5 Å². The Morgan fingerprint density at radius 2 is 1.71 bits per heavy atom. The first-order valence-electron chi connectivity index (χ1n) is 7.21. The van der Waals surface area contributed by atoms with Crippen LogP contribution in [-0.4, -0.2) is 17.9 Å². The lowest BCUT2D eigenvalue weighted by Crippen LogP contribution is -2.24. The van der Waals surface area contributed by atoms with Crippen LogP contribution in [0.3, 0.4) is 0 Å². The summed E-state index contributed by atoms with van der Waals surface area (Å²) in [6, 6.07) is 18.7. The predicted octanol–water partition coefficient (Wildman–Crippen LogP) is 3.97. The van der Waals surface area contributed by atoms with E-state index < -0.39 is 5.60 Å². The molecule has 0 saturated heterocycles. The van der Waals surface area contributed by atoms with Crippen LogP contribution in [0.2, 0.25) is 0 Å². The van der Waals surface area contributed by atoms with E-state index in [0.717, 1.165) is 5.56 Å². The summed E-state index contributed by atoms with van der Waals surface area (Å²) in [5, 5.41) is 13.8. The van der Waals surface area contributed by atoms with Crippen molar-refractivity contribution in [1.29, 1.82) is 0 Å². The van der Waals surface area contributed by atoms with Crippen molar-refractivity contribution in [3.63, 3.8) is 0 Å². The molecule has 112 valence electrons. The third-order valence-corrected chi connectivity index (χ3v) is 5.04. The second kappa shape index (κ2) is 7.12. The van der Waals surface area contributed by atoms with Gasteiger partial charge in [-0.05, 0) is 44.2 Å². The maximum absolute atomic E-state index is 10.6. The number of benzene rings is 2. The van der Waals surface area contributed by atoms with Crippen molar-refractivity contribution in [1.82, 2.24) is 5.32 Å². The van der Waals surface area contributed by atoms with Crippen LogP contribution in [0.15, 0.2) is 59.5 Å². The molecule has 2 N–H and O–H groups in total. The molecule has 2 rings (SSSR count). The van der Waals surface area contributed by atoms with Gasteiger partial charge in [-0.25, -0.2) is 0 Å². The van der Waals surface area contributed by atoms with Gasteiger partial charge < -0.3 is 10.4 Å². The van der Waals surface area contributed by atoms with Crippen LogP contribution >= 0.6 is 11.8 Å². The van der Waals surface area contributed by atoms with Crippen LogP contribution in [0.25, 0.3) is 0 Å². The minimum Gasteiger partial charge on any atom is -0.385 e. The molecule has 0 amide bonds. The number of hydrogen-bond donors (Lipinski definition) is 2. The molecule has 0 aliphatic heterocycles. The van der Waals surface area contributed by atoms with Crippen LogP contribution in [0.4, 0.5) is 0 Å². The topological polar surface area (TPSA) is 32.3 Å². The average Bonchev–Trinajstić information content (AvgIpc) is 2.53. The molecule has 3 heteroatoms. The highest BCUT2D eigenvalue weighted by Crippen LogP contribution is 2.29. The quantitative estimate of drug-likeness (QED) is 0.792. The van der Waals surface area contributed by atoms with Crippen LogP contribution in [-0.2, 0) is 5.60 Å². The maximum Gasteiger partial charge on any atom is 0.0962 e. The number of hydrogen-bond acceptors (Lipinski definition) is 3. The van der Waals surface area contributed by atoms with Gasteiger partial charge in [-0.15, -0.1) is 11.8 Å². The maximum atomic E-state index is 10.6. The van der Waals surface area contributed by atoms with E-state index in [4.69, 9.17) is 0 Å². The first-order valence-corrected chi connectivity index (χ1v) is 8.19. The lowest BCUT2D eigenvalue weighted by Gasteiger charge is -2.23. The van der Waals surface area contributed by atoms with Gasteiger partial charge in [0.05, 0.1) is 5.60 Å². The summed E-state index contributed by atoms with van der Waals surface area (Å²) in [5.74, 6) is 0.637.